The van der Waals surface area contributed by atoms with Gasteiger partial charge in [0.05, 0.1) is 26.7 Å². The number of nitrogens with one attached hydrogen (secondary N) is 1. The Hall–Kier alpha value is -2.92. The number of anilines is 1. The van der Waals surface area contributed by atoms with Crippen molar-refractivity contribution in [3.8, 4) is 16.6 Å². The zero-order valence-electron chi connectivity index (χ0n) is 14.3. The molecule has 4 aromatic rings. The normalized spacial score (nSPS) is 11.3. The van der Waals surface area contributed by atoms with Crippen LogP contribution in [-0.2, 0) is 10.0 Å². The van der Waals surface area contributed by atoms with Crippen molar-refractivity contribution in [1.82, 2.24) is 4.98 Å². The molecule has 5 nitrogen and oxygen atoms in total. The number of nitriles is 1. The fraction of sp³-hybridized carbons (Fsp3) is 0. The highest BCUT2D eigenvalue weighted by Gasteiger charge is 2.15. The molecule has 28 heavy (non-hydrogen) atoms. The van der Waals surface area contributed by atoms with Crippen molar-refractivity contribution in [2.45, 2.75) is 4.90 Å². The van der Waals surface area contributed by atoms with Crippen molar-refractivity contribution in [2.75, 3.05) is 4.72 Å². The van der Waals surface area contributed by atoms with Gasteiger partial charge in [-0.3, -0.25) is 4.72 Å². The third-order valence-electron chi connectivity index (χ3n) is 4.01. The Morgan fingerprint density at radius 1 is 1.04 bits per heavy atom. The number of sulfonamides is 1. The zero-order valence-corrected chi connectivity index (χ0v) is 16.6. The molecule has 0 saturated heterocycles. The molecule has 8 heteroatoms. The summed E-state index contributed by atoms with van der Waals surface area (Å²) in [5.74, 6) is 0. The van der Waals surface area contributed by atoms with Gasteiger partial charge in [0.25, 0.3) is 10.0 Å². The molecule has 1 N–H and O–H groups in total. The van der Waals surface area contributed by atoms with Gasteiger partial charge < -0.3 is 0 Å². The van der Waals surface area contributed by atoms with Crippen LogP contribution in [0.1, 0.15) is 5.56 Å². The lowest BCUT2D eigenvalue weighted by Gasteiger charge is -2.08. The molecule has 4 rings (SSSR count). The average Bonchev–Trinajstić information content (AvgIpc) is 3.11. The molecule has 0 amide bonds. The van der Waals surface area contributed by atoms with Crippen molar-refractivity contribution < 1.29 is 8.42 Å². The first-order chi connectivity index (χ1) is 13.4. The maximum absolute atomic E-state index is 12.5. The van der Waals surface area contributed by atoms with Gasteiger partial charge in [-0.15, -0.1) is 11.3 Å². The van der Waals surface area contributed by atoms with Crippen LogP contribution in [0.15, 0.2) is 71.6 Å². The molecule has 0 fully saturated rings. The largest absolute Gasteiger partial charge is 0.280 e. The lowest BCUT2D eigenvalue weighted by Crippen LogP contribution is -2.12. The van der Waals surface area contributed by atoms with Crippen LogP contribution in [0.2, 0.25) is 5.02 Å². The van der Waals surface area contributed by atoms with Crippen molar-refractivity contribution >= 4 is 48.9 Å². The Balaban J connectivity index is 1.59. The summed E-state index contributed by atoms with van der Waals surface area (Å²) in [6.45, 7) is 0. The van der Waals surface area contributed by atoms with Gasteiger partial charge in [0.2, 0.25) is 0 Å². The van der Waals surface area contributed by atoms with Crippen LogP contribution in [0.4, 0.5) is 5.69 Å². The van der Waals surface area contributed by atoms with E-state index < -0.39 is 10.0 Å². The standard InChI is InChI=1S/C20H12ClN3O2S2/c21-15-6-9-18-19(11-15)27-20(23-18)14-4-7-16(8-5-14)24-28(25,26)17-3-1-2-13(10-17)12-22/h1-11,24H. The van der Waals surface area contributed by atoms with E-state index in [0.717, 1.165) is 20.8 Å². The number of fused-ring (bicyclic) bond motifs is 1. The summed E-state index contributed by atoms with van der Waals surface area (Å²) in [4.78, 5) is 4.63. The van der Waals surface area contributed by atoms with Crippen molar-refractivity contribution in [1.29, 1.82) is 5.26 Å². The van der Waals surface area contributed by atoms with Crippen molar-refractivity contribution in [3.05, 3.63) is 77.3 Å². The first-order valence-corrected chi connectivity index (χ1v) is 10.8. The second-order valence-corrected chi connectivity index (χ2v) is 9.10. The van der Waals surface area contributed by atoms with E-state index >= 15 is 0 Å². The van der Waals surface area contributed by atoms with E-state index in [-0.39, 0.29) is 10.5 Å². The molecule has 0 radical (unpaired) electrons. The topological polar surface area (TPSA) is 82.8 Å². The molecule has 0 aliphatic carbocycles. The Labute approximate surface area is 170 Å². The lowest BCUT2D eigenvalue weighted by atomic mass is 10.2. The quantitative estimate of drug-likeness (QED) is 0.481. The van der Waals surface area contributed by atoms with E-state index in [9.17, 15) is 8.42 Å². The summed E-state index contributed by atoms with van der Waals surface area (Å²) in [5.41, 5.74) is 2.46. The number of nitrogens with zero attached hydrogens (tertiary/aromatic N) is 2. The van der Waals surface area contributed by atoms with E-state index in [0.29, 0.717) is 10.7 Å². The van der Waals surface area contributed by atoms with Gasteiger partial charge in [0, 0.05) is 16.3 Å². The zero-order chi connectivity index (χ0) is 19.7. The summed E-state index contributed by atoms with van der Waals surface area (Å²) < 4.78 is 28.6. The number of rotatable bonds is 4. The van der Waals surface area contributed by atoms with Crippen molar-refractivity contribution in [2.24, 2.45) is 0 Å². The monoisotopic (exact) mass is 425 g/mol. The summed E-state index contributed by atoms with van der Waals surface area (Å²) in [5, 5.41) is 10.4. The molecule has 0 bridgehead atoms. The van der Waals surface area contributed by atoms with E-state index in [1.165, 1.54) is 29.5 Å². The third-order valence-corrected chi connectivity index (χ3v) is 6.69. The van der Waals surface area contributed by atoms with Crippen LogP contribution in [0.25, 0.3) is 20.8 Å². The Morgan fingerprint density at radius 2 is 1.82 bits per heavy atom. The second-order valence-electron chi connectivity index (χ2n) is 5.95. The van der Waals surface area contributed by atoms with Gasteiger partial charge in [0.1, 0.15) is 5.01 Å². The van der Waals surface area contributed by atoms with E-state index in [1.807, 2.05) is 30.3 Å². The molecule has 1 aromatic heterocycles. The maximum atomic E-state index is 12.5. The van der Waals surface area contributed by atoms with E-state index in [4.69, 9.17) is 16.9 Å². The third kappa shape index (κ3) is 3.71. The van der Waals surface area contributed by atoms with Crippen LogP contribution < -0.4 is 4.72 Å². The minimum Gasteiger partial charge on any atom is -0.280 e. The SMILES string of the molecule is N#Cc1cccc(S(=O)(=O)Nc2ccc(-c3nc4ccc(Cl)cc4s3)cc2)c1. The molecule has 0 saturated carbocycles. The smallest absolute Gasteiger partial charge is 0.261 e. The van der Waals surface area contributed by atoms with Gasteiger partial charge in [-0.05, 0) is 60.7 Å². The summed E-state index contributed by atoms with van der Waals surface area (Å²) in [6, 6.07) is 20.3. The number of aromatic nitrogens is 1. The summed E-state index contributed by atoms with van der Waals surface area (Å²) in [7, 11) is -3.78. The molecule has 0 aliphatic rings. The number of halogens is 1. The minimum absolute atomic E-state index is 0.0404. The molecule has 0 atom stereocenters. The van der Waals surface area contributed by atoms with Crippen LogP contribution in [0.5, 0.6) is 0 Å². The van der Waals surface area contributed by atoms with Crippen LogP contribution in [-0.4, -0.2) is 13.4 Å². The maximum Gasteiger partial charge on any atom is 0.261 e. The molecule has 0 unspecified atom stereocenters. The first kappa shape index (κ1) is 18.4. The molecule has 3 aromatic carbocycles. The van der Waals surface area contributed by atoms with Gasteiger partial charge in [-0.2, -0.15) is 5.26 Å². The fourth-order valence-corrected chi connectivity index (χ4v) is 5.00. The first-order valence-electron chi connectivity index (χ1n) is 8.14. The Kier molecular flexibility index (Phi) is 4.77. The molecule has 0 aliphatic heterocycles. The van der Waals surface area contributed by atoms with Gasteiger partial charge >= 0.3 is 0 Å². The number of hydrogen-bond acceptors (Lipinski definition) is 5. The fourth-order valence-electron chi connectivity index (χ4n) is 2.65. The Morgan fingerprint density at radius 3 is 2.57 bits per heavy atom. The highest BCUT2D eigenvalue weighted by atomic mass is 35.5. The van der Waals surface area contributed by atoms with Crippen molar-refractivity contribution in [3.63, 3.8) is 0 Å². The number of benzene rings is 3. The van der Waals surface area contributed by atoms with Crippen LogP contribution >= 0.6 is 22.9 Å². The van der Waals surface area contributed by atoms with Crippen LogP contribution in [0, 0.1) is 11.3 Å². The molecular weight excluding hydrogens is 414 g/mol. The van der Waals surface area contributed by atoms with E-state index in [2.05, 4.69) is 9.71 Å². The van der Waals surface area contributed by atoms with Gasteiger partial charge in [-0.1, -0.05) is 17.7 Å². The highest BCUT2D eigenvalue weighted by molar-refractivity contribution is 7.92. The second kappa shape index (κ2) is 7.24. The van der Waals surface area contributed by atoms with Crippen LogP contribution in [0.3, 0.4) is 0 Å². The predicted octanol–water partition coefficient (Wildman–Crippen LogP) is 5.29. The number of thiazole rings is 1. The predicted molar refractivity (Wildman–Crippen MR) is 112 cm³/mol. The lowest BCUT2D eigenvalue weighted by molar-refractivity contribution is 0.601. The molecule has 1 heterocycles. The average molecular weight is 426 g/mol. The minimum atomic E-state index is -3.78. The molecule has 0 spiro atoms. The van der Waals surface area contributed by atoms with Gasteiger partial charge in [-0.25, -0.2) is 13.4 Å². The summed E-state index contributed by atoms with van der Waals surface area (Å²) >= 11 is 7.54. The number of hydrogen-bond donors (Lipinski definition) is 1. The highest BCUT2D eigenvalue weighted by Crippen LogP contribution is 2.32. The van der Waals surface area contributed by atoms with Gasteiger partial charge in [0.15, 0.2) is 0 Å². The summed E-state index contributed by atoms with van der Waals surface area (Å²) in [6.07, 6.45) is 0. The molecular formula is C20H12ClN3O2S2. The Bertz CT molecular complexity index is 1320. The molecule has 138 valence electrons. The van der Waals surface area contributed by atoms with E-state index in [1.54, 1.807) is 24.3 Å².